The standard InChI is InChI=1S/C9H8BrN3OS/c1-13-3-2-8(12-13)11-9(14)6-4-7(10)15-5-6/h2-5H,1H3,(H,11,12,14). The number of carbonyl (C=O) groups excluding carboxylic acids is 1. The van der Waals surface area contributed by atoms with Crippen LogP contribution in [0.3, 0.4) is 0 Å². The van der Waals surface area contributed by atoms with Gasteiger partial charge in [-0.05, 0) is 22.0 Å². The van der Waals surface area contributed by atoms with Crippen LogP contribution in [-0.4, -0.2) is 15.7 Å². The summed E-state index contributed by atoms with van der Waals surface area (Å²) in [6, 6.07) is 3.53. The highest BCUT2D eigenvalue weighted by Crippen LogP contribution is 2.21. The Hall–Kier alpha value is -1.14. The van der Waals surface area contributed by atoms with E-state index in [1.54, 1.807) is 35.4 Å². The molecule has 0 unspecified atom stereocenters. The van der Waals surface area contributed by atoms with Gasteiger partial charge in [0.25, 0.3) is 5.91 Å². The van der Waals surface area contributed by atoms with E-state index in [0.29, 0.717) is 11.4 Å². The predicted molar refractivity (Wildman–Crippen MR) is 63.2 cm³/mol. The second-order valence-electron chi connectivity index (χ2n) is 2.97. The molecule has 0 bridgehead atoms. The average Bonchev–Trinajstić information content (AvgIpc) is 2.75. The molecule has 15 heavy (non-hydrogen) atoms. The van der Waals surface area contributed by atoms with E-state index in [4.69, 9.17) is 0 Å². The lowest BCUT2D eigenvalue weighted by atomic mass is 10.3. The van der Waals surface area contributed by atoms with Crippen LogP contribution in [0.15, 0.2) is 27.5 Å². The summed E-state index contributed by atoms with van der Waals surface area (Å²) in [6.45, 7) is 0. The first kappa shape index (κ1) is 10.4. The van der Waals surface area contributed by atoms with Gasteiger partial charge in [0.05, 0.1) is 9.35 Å². The van der Waals surface area contributed by atoms with E-state index in [2.05, 4.69) is 26.3 Å². The van der Waals surface area contributed by atoms with Crippen molar-refractivity contribution in [2.45, 2.75) is 0 Å². The Labute approximate surface area is 99.0 Å². The van der Waals surface area contributed by atoms with Crippen LogP contribution in [0, 0.1) is 0 Å². The summed E-state index contributed by atoms with van der Waals surface area (Å²) in [6.07, 6.45) is 1.78. The number of amides is 1. The fourth-order valence-electron chi connectivity index (χ4n) is 1.10. The minimum Gasteiger partial charge on any atom is -0.305 e. The number of thiophene rings is 1. The Kier molecular flexibility index (Phi) is 2.88. The summed E-state index contributed by atoms with van der Waals surface area (Å²) in [7, 11) is 1.80. The first-order valence-electron chi connectivity index (χ1n) is 4.20. The van der Waals surface area contributed by atoms with E-state index in [1.165, 1.54) is 11.3 Å². The van der Waals surface area contributed by atoms with Crippen molar-refractivity contribution in [2.75, 3.05) is 5.32 Å². The maximum Gasteiger partial charge on any atom is 0.257 e. The van der Waals surface area contributed by atoms with Gasteiger partial charge in [0.2, 0.25) is 0 Å². The number of hydrogen-bond acceptors (Lipinski definition) is 3. The summed E-state index contributed by atoms with van der Waals surface area (Å²) in [5, 5.41) is 8.56. The molecule has 1 amide bonds. The number of carbonyl (C=O) groups is 1. The number of nitrogens with one attached hydrogen (secondary N) is 1. The van der Waals surface area contributed by atoms with Gasteiger partial charge in [-0.1, -0.05) is 0 Å². The molecule has 2 rings (SSSR count). The third kappa shape index (κ3) is 2.45. The maximum atomic E-state index is 11.7. The summed E-state index contributed by atoms with van der Waals surface area (Å²) < 4.78 is 2.58. The molecule has 0 spiro atoms. The molecule has 0 aliphatic rings. The van der Waals surface area contributed by atoms with Crippen LogP contribution in [0.2, 0.25) is 0 Å². The van der Waals surface area contributed by atoms with Gasteiger partial charge in [-0.3, -0.25) is 9.48 Å². The number of aryl methyl sites for hydroxylation is 1. The fraction of sp³-hybridized carbons (Fsp3) is 0.111. The number of aromatic nitrogens is 2. The number of nitrogens with zero attached hydrogens (tertiary/aromatic N) is 2. The largest absolute Gasteiger partial charge is 0.305 e. The highest BCUT2D eigenvalue weighted by atomic mass is 79.9. The van der Waals surface area contributed by atoms with E-state index in [-0.39, 0.29) is 5.91 Å². The molecule has 0 atom stereocenters. The van der Waals surface area contributed by atoms with Gasteiger partial charge in [-0.25, -0.2) is 0 Å². The van der Waals surface area contributed by atoms with Crippen LogP contribution in [0.25, 0.3) is 0 Å². The normalized spacial score (nSPS) is 10.3. The molecule has 0 aliphatic heterocycles. The molecule has 2 aromatic heterocycles. The Morgan fingerprint density at radius 1 is 1.67 bits per heavy atom. The van der Waals surface area contributed by atoms with Crippen LogP contribution in [0.1, 0.15) is 10.4 Å². The third-order valence-corrected chi connectivity index (χ3v) is 3.29. The summed E-state index contributed by atoms with van der Waals surface area (Å²) in [5.74, 6) is 0.417. The molecule has 2 aromatic rings. The lowest BCUT2D eigenvalue weighted by molar-refractivity contribution is 0.102. The van der Waals surface area contributed by atoms with Gasteiger partial charge in [0.15, 0.2) is 5.82 Å². The SMILES string of the molecule is Cn1ccc(NC(=O)c2csc(Br)c2)n1. The highest BCUT2D eigenvalue weighted by molar-refractivity contribution is 9.11. The Bertz CT molecular complexity index is 491. The third-order valence-electron chi connectivity index (χ3n) is 1.78. The Balaban J connectivity index is 2.10. The maximum absolute atomic E-state index is 11.7. The highest BCUT2D eigenvalue weighted by Gasteiger charge is 2.09. The van der Waals surface area contributed by atoms with Crippen molar-refractivity contribution < 1.29 is 4.79 Å². The predicted octanol–water partition coefficient (Wildman–Crippen LogP) is 2.50. The van der Waals surface area contributed by atoms with E-state index in [0.717, 1.165) is 3.79 Å². The zero-order chi connectivity index (χ0) is 10.8. The lowest BCUT2D eigenvalue weighted by Crippen LogP contribution is -2.11. The van der Waals surface area contributed by atoms with Crippen LogP contribution < -0.4 is 5.32 Å². The van der Waals surface area contributed by atoms with Crippen molar-refractivity contribution in [3.05, 3.63) is 33.1 Å². The smallest absolute Gasteiger partial charge is 0.257 e. The van der Waals surface area contributed by atoms with Crippen molar-refractivity contribution >= 4 is 39.0 Å². The van der Waals surface area contributed by atoms with Crippen LogP contribution >= 0.6 is 27.3 Å². The monoisotopic (exact) mass is 285 g/mol. The van der Waals surface area contributed by atoms with Gasteiger partial charge in [0, 0.05) is 24.7 Å². The fourth-order valence-corrected chi connectivity index (χ4v) is 2.24. The second kappa shape index (κ2) is 4.16. The minimum absolute atomic E-state index is 0.143. The molecule has 78 valence electrons. The van der Waals surface area contributed by atoms with Gasteiger partial charge in [0.1, 0.15) is 0 Å². The molecule has 1 N–H and O–H groups in total. The van der Waals surface area contributed by atoms with E-state index in [9.17, 15) is 4.79 Å². The van der Waals surface area contributed by atoms with Crippen LogP contribution in [-0.2, 0) is 7.05 Å². The minimum atomic E-state index is -0.143. The Morgan fingerprint density at radius 3 is 3.00 bits per heavy atom. The van der Waals surface area contributed by atoms with Gasteiger partial charge < -0.3 is 5.32 Å². The van der Waals surface area contributed by atoms with Gasteiger partial charge in [-0.15, -0.1) is 11.3 Å². The van der Waals surface area contributed by atoms with Crippen molar-refractivity contribution in [2.24, 2.45) is 7.05 Å². The molecular formula is C9H8BrN3OS. The van der Waals surface area contributed by atoms with Crippen LogP contribution in [0.5, 0.6) is 0 Å². The first-order chi connectivity index (χ1) is 7.15. The summed E-state index contributed by atoms with van der Waals surface area (Å²) in [4.78, 5) is 11.7. The van der Waals surface area contributed by atoms with Gasteiger partial charge in [-0.2, -0.15) is 5.10 Å². The van der Waals surface area contributed by atoms with E-state index in [1.807, 2.05) is 0 Å². The Morgan fingerprint density at radius 2 is 2.47 bits per heavy atom. The molecule has 0 aromatic carbocycles. The zero-order valence-corrected chi connectivity index (χ0v) is 10.3. The number of halogens is 1. The molecule has 2 heterocycles. The van der Waals surface area contributed by atoms with Crippen molar-refractivity contribution in [3.8, 4) is 0 Å². The number of hydrogen-bond donors (Lipinski definition) is 1. The summed E-state index contributed by atoms with van der Waals surface area (Å²) >= 11 is 4.79. The van der Waals surface area contributed by atoms with Gasteiger partial charge >= 0.3 is 0 Å². The zero-order valence-electron chi connectivity index (χ0n) is 7.90. The molecular weight excluding hydrogens is 278 g/mol. The number of rotatable bonds is 2. The molecule has 0 radical (unpaired) electrons. The van der Waals surface area contributed by atoms with Crippen molar-refractivity contribution in [3.63, 3.8) is 0 Å². The topological polar surface area (TPSA) is 46.9 Å². The molecule has 0 saturated carbocycles. The van der Waals surface area contributed by atoms with E-state index < -0.39 is 0 Å². The second-order valence-corrected chi connectivity index (χ2v) is 5.26. The lowest BCUT2D eigenvalue weighted by Gasteiger charge is -1.97. The molecule has 0 aliphatic carbocycles. The van der Waals surface area contributed by atoms with Crippen molar-refractivity contribution in [1.29, 1.82) is 0 Å². The molecule has 6 heteroatoms. The first-order valence-corrected chi connectivity index (χ1v) is 5.87. The van der Waals surface area contributed by atoms with E-state index >= 15 is 0 Å². The van der Waals surface area contributed by atoms with Crippen molar-refractivity contribution in [1.82, 2.24) is 9.78 Å². The molecule has 0 saturated heterocycles. The molecule has 4 nitrogen and oxygen atoms in total. The molecule has 0 fully saturated rings. The van der Waals surface area contributed by atoms with Crippen LogP contribution in [0.4, 0.5) is 5.82 Å². The summed E-state index contributed by atoms with van der Waals surface area (Å²) in [5.41, 5.74) is 0.637. The quantitative estimate of drug-likeness (QED) is 0.922. The average molecular weight is 286 g/mol. The number of anilines is 1.